The molecular weight excluding hydrogens is 498 g/mol. The molecule has 0 amide bonds. The number of nitrogens with zero attached hydrogens (tertiary/aromatic N) is 1. The number of Topliss-reactive ketones (excluding diaryl/α,β-unsaturated/α-hetero) is 1. The number of rotatable bonds is 7. The molecule has 2 saturated carbocycles. The molecule has 4 aliphatic carbocycles. The van der Waals surface area contributed by atoms with Crippen LogP contribution in [0.25, 0.3) is 0 Å². The minimum Gasteiger partial charge on any atom is -0.451 e. The van der Waals surface area contributed by atoms with Gasteiger partial charge in [-0.25, -0.2) is 0 Å². The third-order valence-corrected chi connectivity index (χ3v) is 10.4. The Hall–Kier alpha value is -2.38. The second kappa shape index (κ2) is 10.3. The first-order valence-corrected chi connectivity index (χ1v) is 14.6. The van der Waals surface area contributed by atoms with Gasteiger partial charge in [-0.1, -0.05) is 24.6 Å². The van der Waals surface area contributed by atoms with Gasteiger partial charge in [0.1, 0.15) is 0 Å². The van der Waals surface area contributed by atoms with Crippen molar-refractivity contribution in [3.63, 3.8) is 0 Å². The van der Waals surface area contributed by atoms with E-state index in [1.54, 1.807) is 7.11 Å². The molecule has 0 heterocycles. The average molecular weight is 538 g/mol. The van der Waals surface area contributed by atoms with Crippen molar-refractivity contribution in [3.05, 3.63) is 52.6 Å². The molecule has 0 N–H and O–H groups in total. The van der Waals surface area contributed by atoms with E-state index in [0.29, 0.717) is 18.8 Å². The van der Waals surface area contributed by atoms with Crippen molar-refractivity contribution >= 4 is 35.3 Å². The lowest BCUT2D eigenvalue weighted by Gasteiger charge is -2.55. The number of carbonyl (C=O) groups is 3. The fourth-order valence-electron chi connectivity index (χ4n) is 8.11. The van der Waals surface area contributed by atoms with E-state index < -0.39 is 17.0 Å². The van der Waals surface area contributed by atoms with E-state index in [-0.39, 0.29) is 29.2 Å². The van der Waals surface area contributed by atoms with Gasteiger partial charge in [-0.15, -0.1) is 0 Å². The van der Waals surface area contributed by atoms with Crippen LogP contribution in [0.5, 0.6) is 0 Å². The van der Waals surface area contributed by atoms with Crippen LogP contribution in [0.1, 0.15) is 70.3 Å². The second-order valence-electron chi connectivity index (χ2n) is 11.8. The number of ether oxygens (including phenoxy) is 1. The molecule has 0 aliphatic heterocycles. The van der Waals surface area contributed by atoms with Crippen molar-refractivity contribution in [2.24, 2.45) is 17.3 Å². The maximum Gasteiger partial charge on any atom is 0.303 e. The summed E-state index contributed by atoms with van der Waals surface area (Å²) in [5.74, 6) is 0.555. The zero-order valence-electron chi connectivity index (χ0n) is 23.2. The molecule has 204 valence electrons. The van der Waals surface area contributed by atoms with Gasteiger partial charge < -0.3 is 13.8 Å². The number of anilines is 1. The Morgan fingerprint density at radius 3 is 2.50 bits per heavy atom. The summed E-state index contributed by atoms with van der Waals surface area (Å²) in [5, 5.41) is 0. The van der Waals surface area contributed by atoms with Crippen LogP contribution in [-0.2, 0) is 23.3 Å². The molecule has 38 heavy (non-hydrogen) atoms. The van der Waals surface area contributed by atoms with Gasteiger partial charge >= 0.3 is 5.97 Å². The maximum absolute atomic E-state index is 13.9. The van der Waals surface area contributed by atoms with Crippen molar-refractivity contribution in [1.29, 1.82) is 0 Å². The standard InChI is InChI=1S/C31H39NO5S/c1-19(33)37-31(28(35)18-38-36-5)15-14-27-25-12-8-21-16-23(34)11-13-24(21)29(25)26(17-30(27,31)2)20-6-9-22(10-7-20)32(3)4/h6-7,9-10,16,25-27H,8,11-15,17-18H2,1-5H3/t25-,26+,27-,30-,31-/m0/s1. The maximum atomic E-state index is 13.9. The third kappa shape index (κ3) is 4.36. The molecule has 7 heteroatoms. The van der Waals surface area contributed by atoms with Crippen molar-refractivity contribution in [2.75, 3.05) is 31.9 Å². The van der Waals surface area contributed by atoms with E-state index in [1.165, 1.54) is 29.2 Å². The molecule has 0 radical (unpaired) electrons. The fourth-order valence-corrected chi connectivity index (χ4v) is 8.57. The highest BCUT2D eigenvalue weighted by atomic mass is 32.2. The van der Waals surface area contributed by atoms with Gasteiger partial charge in [0.05, 0.1) is 12.9 Å². The number of hydrogen-bond donors (Lipinski definition) is 0. The van der Waals surface area contributed by atoms with Gasteiger partial charge in [-0.2, -0.15) is 0 Å². The van der Waals surface area contributed by atoms with E-state index in [4.69, 9.17) is 8.92 Å². The van der Waals surface area contributed by atoms with Crippen LogP contribution >= 0.6 is 12.0 Å². The number of esters is 1. The summed E-state index contributed by atoms with van der Waals surface area (Å²) >= 11 is 1.11. The Kier molecular flexibility index (Phi) is 7.38. The Balaban J connectivity index is 1.66. The van der Waals surface area contributed by atoms with Crippen molar-refractivity contribution in [2.45, 2.75) is 70.3 Å². The highest BCUT2D eigenvalue weighted by molar-refractivity contribution is 7.95. The molecule has 0 saturated heterocycles. The van der Waals surface area contributed by atoms with E-state index in [1.807, 2.05) is 20.2 Å². The molecular formula is C31H39NO5S. The van der Waals surface area contributed by atoms with E-state index in [9.17, 15) is 14.4 Å². The topological polar surface area (TPSA) is 72.9 Å². The largest absolute Gasteiger partial charge is 0.451 e. The zero-order chi connectivity index (χ0) is 27.2. The third-order valence-electron chi connectivity index (χ3n) is 9.74. The highest BCUT2D eigenvalue weighted by Crippen LogP contribution is 2.68. The average Bonchev–Trinajstić information content (AvgIpc) is 3.18. The van der Waals surface area contributed by atoms with Gasteiger partial charge in [0, 0.05) is 44.5 Å². The normalized spacial score (nSPS) is 32.2. The second-order valence-corrected chi connectivity index (χ2v) is 12.7. The van der Waals surface area contributed by atoms with E-state index in [2.05, 4.69) is 36.1 Å². The summed E-state index contributed by atoms with van der Waals surface area (Å²) in [6.45, 7) is 3.61. The molecule has 4 aliphatic rings. The number of benzene rings is 1. The summed E-state index contributed by atoms with van der Waals surface area (Å²) in [5.41, 5.74) is 4.74. The number of fused-ring (bicyclic) bond motifs is 4. The summed E-state index contributed by atoms with van der Waals surface area (Å²) < 4.78 is 11.3. The molecule has 6 nitrogen and oxygen atoms in total. The first kappa shape index (κ1) is 27.2. The summed E-state index contributed by atoms with van der Waals surface area (Å²) in [7, 11) is 5.63. The van der Waals surface area contributed by atoms with Gasteiger partial charge in [0.15, 0.2) is 17.2 Å². The van der Waals surface area contributed by atoms with Crippen LogP contribution in [-0.4, -0.2) is 50.1 Å². The quantitative estimate of drug-likeness (QED) is 0.321. The van der Waals surface area contributed by atoms with Gasteiger partial charge in [-0.05, 0) is 97.3 Å². The number of carbonyl (C=O) groups excluding carboxylic acids is 3. The minimum atomic E-state index is -1.16. The van der Waals surface area contributed by atoms with Crippen molar-refractivity contribution < 1.29 is 23.3 Å². The highest BCUT2D eigenvalue weighted by Gasteiger charge is 2.68. The molecule has 0 bridgehead atoms. The van der Waals surface area contributed by atoms with Crippen LogP contribution in [0.3, 0.4) is 0 Å². The molecule has 1 aromatic rings. The summed E-state index contributed by atoms with van der Waals surface area (Å²) in [6, 6.07) is 8.74. The monoisotopic (exact) mass is 537 g/mol. The predicted octanol–water partition coefficient (Wildman–Crippen LogP) is 5.82. The molecule has 0 spiro atoms. The van der Waals surface area contributed by atoms with Gasteiger partial charge in [0.2, 0.25) is 0 Å². The lowest BCUT2D eigenvalue weighted by atomic mass is 9.50. The van der Waals surface area contributed by atoms with Crippen LogP contribution in [0.2, 0.25) is 0 Å². The number of allylic oxidation sites excluding steroid dienone is 4. The minimum absolute atomic E-state index is 0.0537. The molecule has 5 rings (SSSR count). The lowest BCUT2D eigenvalue weighted by Crippen LogP contribution is -2.58. The smallest absolute Gasteiger partial charge is 0.303 e. The molecule has 2 fully saturated rings. The molecule has 0 aromatic heterocycles. The van der Waals surface area contributed by atoms with Gasteiger partial charge in [-0.3, -0.25) is 14.4 Å². The molecule has 1 aromatic carbocycles. The van der Waals surface area contributed by atoms with E-state index in [0.717, 1.165) is 49.8 Å². The summed E-state index contributed by atoms with van der Waals surface area (Å²) in [6.07, 6.45) is 7.21. The van der Waals surface area contributed by atoms with Crippen molar-refractivity contribution in [1.82, 2.24) is 0 Å². The predicted molar refractivity (Wildman–Crippen MR) is 150 cm³/mol. The lowest BCUT2D eigenvalue weighted by molar-refractivity contribution is -0.182. The Bertz CT molecular complexity index is 1200. The Labute approximate surface area is 230 Å². The van der Waals surface area contributed by atoms with Crippen LogP contribution in [0.15, 0.2) is 47.1 Å². The van der Waals surface area contributed by atoms with Gasteiger partial charge in [0.25, 0.3) is 0 Å². The number of hydrogen-bond acceptors (Lipinski definition) is 7. The van der Waals surface area contributed by atoms with Crippen LogP contribution < -0.4 is 4.90 Å². The Morgan fingerprint density at radius 1 is 1.11 bits per heavy atom. The number of ketones is 2. The summed E-state index contributed by atoms with van der Waals surface area (Å²) in [4.78, 5) is 40.8. The fraction of sp³-hybridized carbons (Fsp3) is 0.581. The van der Waals surface area contributed by atoms with Crippen LogP contribution in [0.4, 0.5) is 5.69 Å². The Morgan fingerprint density at radius 2 is 1.84 bits per heavy atom. The van der Waals surface area contributed by atoms with Crippen LogP contribution in [0, 0.1) is 17.3 Å². The molecule has 0 unspecified atom stereocenters. The molecule has 5 atom stereocenters. The van der Waals surface area contributed by atoms with Crippen molar-refractivity contribution in [3.8, 4) is 0 Å². The SMILES string of the molecule is COSCC(=O)[C@@]1(OC(C)=O)CC[C@H]2[C@@H]3CCC4=CC(=O)CCC4=C3[C@@H](c3ccc(N(C)C)cc3)C[C@@]21C. The first-order valence-electron chi connectivity index (χ1n) is 13.7. The van der Waals surface area contributed by atoms with E-state index >= 15 is 0 Å². The first-order chi connectivity index (χ1) is 18.1. The zero-order valence-corrected chi connectivity index (χ0v) is 24.0.